The van der Waals surface area contributed by atoms with Crippen molar-refractivity contribution in [3.05, 3.63) is 58.7 Å². The molecule has 3 heterocycles. The molecule has 1 aliphatic heterocycles. The largest absolute Gasteiger partial charge is 0.454 e. The highest BCUT2D eigenvalue weighted by Gasteiger charge is 2.20. The van der Waals surface area contributed by atoms with Crippen molar-refractivity contribution in [2.24, 2.45) is 0 Å². The number of hydrogen-bond donors (Lipinski definition) is 0. The normalized spacial score (nSPS) is 12.5. The molecule has 0 N–H and O–H groups in total. The van der Waals surface area contributed by atoms with Crippen molar-refractivity contribution in [2.45, 2.75) is 43.6 Å². The summed E-state index contributed by atoms with van der Waals surface area (Å²) in [5.41, 5.74) is 1.40. The van der Waals surface area contributed by atoms with Crippen molar-refractivity contribution < 1.29 is 14.0 Å². The molecule has 0 saturated heterocycles. The van der Waals surface area contributed by atoms with E-state index in [9.17, 15) is 4.79 Å². The maximum atomic E-state index is 13.3. The maximum Gasteiger partial charge on any atom is 0.262 e. The van der Waals surface area contributed by atoms with Crippen LogP contribution in [0.25, 0.3) is 22.3 Å². The Morgan fingerprint density at radius 2 is 1.88 bits per heavy atom. The van der Waals surface area contributed by atoms with E-state index in [1.54, 1.807) is 16.7 Å². The molecule has 0 bridgehead atoms. The minimum atomic E-state index is -0.0811. The second kappa shape index (κ2) is 9.04. The zero-order valence-corrected chi connectivity index (χ0v) is 18.4. The lowest BCUT2D eigenvalue weighted by Gasteiger charge is -2.12. The fourth-order valence-electron chi connectivity index (χ4n) is 3.56. The van der Waals surface area contributed by atoms with Crippen LogP contribution in [-0.2, 0) is 12.3 Å². The van der Waals surface area contributed by atoms with Gasteiger partial charge in [-0.15, -0.1) is 0 Å². The van der Waals surface area contributed by atoms with Gasteiger partial charge < -0.3 is 14.0 Å². The monoisotopic (exact) mass is 450 g/mol. The van der Waals surface area contributed by atoms with E-state index in [0.717, 1.165) is 24.8 Å². The molecule has 0 saturated carbocycles. The smallest absolute Gasteiger partial charge is 0.262 e. The van der Waals surface area contributed by atoms with E-state index < -0.39 is 0 Å². The molecule has 9 heteroatoms. The predicted octanol–water partition coefficient (Wildman–Crippen LogP) is 4.66. The van der Waals surface area contributed by atoms with Crippen LogP contribution in [0, 0.1) is 0 Å². The lowest BCUT2D eigenvalue weighted by Crippen LogP contribution is -2.23. The van der Waals surface area contributed by atoms with E-state index in [4.69, 9.17) is 19.0 Å². The van der Waals surface area contributed by atoms with Crippen LogP contribution in [0.2, 0.25) is 0 Å². The van der Waals surface area contributed by atoms with Crippen LogP contribution in [0.1, 0.15) is 32.1 Å². The molecule has 164 valence electrons. The summed E-state index contributed by atoms with van der Waals surface area (Å²) in [7, 11) is 0. The number of thioether (sulfide) groups is 1. The molecule has 1 aliphatic rings. The molecule has 4 aromatic rings. The lowest BCUT2D eigenvalue weighted by atomic mass is 10.2. The first-order valence-electron chi connectivity index (χ1n) is 10.6. The summed E-state index contributed by atoms with van der Waals surface area (Å²) in [6, 6.07) is 13.2. The van der Waals surface area contributed by atoms with Crippen LogP contribution in [0.4, 0.5) is 0 Å². The molecule has 0 aliphatic carbocycles. The van der Waals surface area contributed by atoms with Crippen molar-refractivity contribution in [3.63, 3.8) is 0 Å². The van der Waals surface area contributed by atoms with E-state index in [-0.39, 0.29) is 12.4 Å². The molecule has 0 fully saturated rings. The molecule has 32 heavy (non-hydrogen) atoms. The molecular weight excluding hydrogens is 428 g/mol. The predicted molar refractivity (Wildman–Crippen MR) is 121 cm³/mol. The Morgan fingerprint density at radius 1 is 1.06 bits per heavy atom. The molecule has 0 unspecified atom stereocenters. The molecule has 0 amide bonds. The van der Waals surface area contributed by atoms with Crippen molar-refractivity contribution >= 4 is 22.7 Å². The van der Waals surface area contributed by atoms with Crippen LogP contribution in [-0.4, -0.2) is 26.5 Å². The van der Waals surface area contributed by atoms with Gasteiger partial charge >= 0.3 is 0 Å². The summed E-state index contributed by atoms with van der Waals surface area (Å²) < 4.78 is 18.1. The van der Waals surface area contributed by atoms with Gasteiger partial charge in [-0.1, -0.05) is 67.0 Å². The second-order valence-electron chi connectivity index (χ2n) is 7.45. The van der Waals surface area contributed by atoms with Crippen LogP contribution < -0.4 is 15.0 Å². The minimum absolute atomic E-state index is 0.0811. The van der Waals surface area contributed by atoms with E-state index in [2.05, 4.69) is 17.1 Å². The van der Waals surface area contributed by atoms with Gasteiger partial charge in [0, 0.05) is 18.2 Å². The number of fused-ring (bicyclic) bond motifs is 2. The molecular formula is C23H22N4O4S. The third-order valence-corrected chi connectivity index (χ3v) is 6.18. The minimum Gasteiger partial charge on any atom is -0.454 e. The zero-order chi connectivity index (χ0) is 21.9. The Bertz CT molecular complexity index is 1300. The standard InChI is InChI=1S/C23H22N4O4S/c1-2-3-7-10-27-22(28)16-11-18-19(30-14-29-18)12-17(16)24-23(27)32-13-20-25-21(26-31-20)15-8-5-4-6-9-15/h4-6,8-9,11-12H,2-3,7,10,13-14H2,1H3. The molecule has 0 radical (unpaired) electrons. The number of rotatable bonds is 8. The molecule has 5 rings (SSSR count). The van der Waals surface area contributed by atoms with Gasteiger partial charge in [0.1, 0.15) is 0 Å². The second-order valence-corrected chi connectivity index (χ2v) is 8.39. The highest BCUT2D eigenvalue weighted by Crippen LogP contribution is 2.35. The first-order chi connectivity index (χ1) is 15.7. The average Bonchev–Trinajstić information content (AvgIpc) is 3.48. The topological polar surface area (TPSA) is 92.3 Å². The molecule has 2 aromatic carbocycles. The Labute approximate surface area is 188 Å². The Balaban J connectivity index is 1.45. The van der Waals surface area contributed by atoms with Crippen LogP contribution in [0.5, 0.6) is 11.5 Å². The van der Waals surface area contributed by atoms with Gasteiger partial charge in [0.05, 0.1) is 16.7 Å². The van der Waals surface area contributed by atoms with E-state index in [1.807, 2.05) is 30.3 Å². The summed E-state index contributed by atoms with van der Waals surface area (Å²) in [6.07, 6.45) is 3.02. The quantitative estimate of drug-likeness (QED) is 0.217. The maximum absolute atomic E-state index is 13.3. The molecule has 0 atom stereocenters. The number of unbranched alkanes of at least 4 members (excludes halogenated alkanes) is 2. The zero-order valence-electron chi connectivity index (χ0n) is 17.6. The van der Waals surface area contributed by atoms with Gasteiger partial charge in [-0.2, -0.15) is 4.98 Å². The highest BCUT2D eigenvalue weighted by molar-refractivity contribution is 7.98. The van der Waals surface area contributed by atoms with Gasteiger partial charge in [-0.05, 0) is 12.5 Å². The summed E-state index contributed by atoms with van der Waals surface area (Å²) in [5.74, 6) is 2.62. The van der Waals surface area contributed by atoms with E-state index >= 15 is 0 Å². The van der Waals surface area contributed by atoms with Crippen molar-refractivity contribution in [3.8, 4) is 22.9 Å². The van der Waals surface area contributed by atoms with Crippen molar-refractivity contribution in [1.82, 2.24) is 19.7 Å². The lowest BCUT2D eigenvalue weighted by molar-refractivity contribution is 0.174. The molecule has 0 spiro atoms. The van der Waals surface area contributed by atoms with E-state index in [0.29, 0.717) is 51.6 Å². The average molecular weight is 451 g/mol. The third-order valence-electron chi connectivity index (χ3n) is 5.22. The fraction of sp³-hybridized carbons (Fsp3) is 0.304. The van der Waals surface area contributed by atoms with Gasteiger partial charge in [-0.3, -0.25) is 9.36 Å². The number of benzene rings is 2. The molecule has 2 aromatic heterocycles. The number of nitrogens with zero attached hydrogens (tertiary/aromatic N) is 4. The van der Waals surface area contributed by atoms with Crippen molar-refractivity contribution in [1.29, 1.82) is 0 Å². The first kappa shape index (κ1) is 20.6. The van der Waals surface area contributed by atoms with Crippen LogP contribution in [0.15, 0.2) is 56.9 Å². The SMILES string of the molecule is CCCCCn1c(SCc2nc(-c3ccccc3)no2)nc2cc3c(cc2c1=O)OCO3. The van der Waals surface area contributed by atoms with E-state index in [1.165, 1.54) is 11.8 Å². The van der Waals surface area contributed by atoms with Gasteiger partial charge in [0.25, 0.3) is 5.56 Å². The van der Waals surface area contributed by atoms with Crippen LogP contribution in [0.3, 0.4) is 0 Å². The number of ether oxygens (including phenoxy) is 2. The van der Waals surface area contributed by atoms with Gasteiger partial charge in [-0.25, -0.2) is 4.98 Å². The Morgan fingerprint density at radius 3 is 2.69 bits per heavy atom. The number of hydrogen-bond acceptors (Lipinski definition) is 8. The Kier molecular flexibility index (Phi) is 5.81. The Hall–Kier alpha value is -3.33. The first-order valence-corrected chi connectivity index (χ1v) is 11.6. The summed E-state index contributed by atoms with van der Waals surface area (Å²) in [5, 5.41) is 5.22. The molecule has 8 nitrogen and oxygen atoms in total. The summed E-state index contributed by atoms with van der Waals surface area (Å²) in [4.78, 5) is 22.6. The third kappa shape index (κ3) is 4.08. The summed E-state index contributed by atoms with van der Waals surface area (Å²) >= 11 is 1.41. The number of aromatic nitrogens is 4. The van der Waals surface area contributed by atoms with Gasteiger partial charge in [0.2, 0.25) is 18.5 Å². The van der Waals surface area contributed by atoms with Crippen molar-refractivity contribution in [2.75, 3.05) is 6.79 Å². The highest BCUT2D eigenvalue weighted by atomic mass is 32.2. The fourth-order valence-corrected chi connectivity index (χ4v) is 4.43. The van der Waals surface area contributed by atoms with Crippen LogP contribution >= 0.6 is 11.8 Å². The summed E-state index contributed by atoms with van der Waals surface area (Å²) in [6.45, 7) is 2.89. The van der Waals surface area contributed by atoms with Gasteiger partial charge in [0.15, 0.2) is 16.7 Å².